The fraction of sp³-hybridized carbons (Fsp3) is 0.294. The molecule has 0 atom stereocenters. The van der Waals surface area contributed by atoms with E-state index in [0.717, 1.165) is 28.3 Å². The Bertz CT molecular complexity index is 584. The number of nitrogens with one attached hydrogen (secondary N) is 1. The number of hydrogen-bond donors (Lipinski definition) is 1. The van der Waals surface area contributed by atoms with Gasteiger partial charge in [0.25, 0.3) is 0 Å². The van der Waals surface area contributed by atoms with E-state index in [-0.39, 0.29) is 0 Å². The van der Waals surface area contributed by atoms with E-state index in [4.69, 9.17) is 14.2 Å². The first-order chi connectivity index (χ1) is 10.3. The van der Waals surface area contributed by atoms with Gasteiger partial charge in [-0.2, -0.15) is 0 Å². The second-order valence-electron chi connectivity index (χ2n) is 4.64. The lowest BCUT2D eigenvalue weighted by Gasteiger charge is -2.14. The lowest BCUT2D eigenvalue weighted by atomic mass is 10.1. The van der Waals surface area contributed by atoms with Gasteiger partial charge in [-0.1, -0.05) is 24.3 Å². The fourth-order valence-corrected chi connectivity index (χ4v) is 2.23. The van der Waals surface area contributed by atoms with Crippen LogP contribution in [-0.2, 0) is 17.9 Å². The van der Waals surface area contributed by atoms with E-state index < -0.39 is 0 Å². The second kappa shape index (κ2) is 7.55. The zero-order valence-corrected chi connectivity index (χ0v) is 12.7. The van der Waals surface area contributed by atoms with Gasteiger partial charge in [0.2, 0.25) is 0 Å². The summed E-state index contributed by atoms with van der Waals surface area (Å²) in [6, 6.07) is 14.0. The lowest BCUT2D eigenvalue weighted by molar-refractivity contribution is 0.185. The molecule has 2 aromatic carbocycles. The maximum atomic E-state index is 5.43. The van der Waals surface area contributed by atoms with Crippen molar-refractivity contribution in [3.8, 4) is 11.5 Å². The molecule has 0 aliphatic heterocycles. The number of para-hydroxylation sites is 1. The highest BCUT2D eigenvalue weighted by atomic mass is 16.5. The third-order valence-corrected chi connectivity index (χ3v) is 3.21. The number of anilines is 1. The van der Waals surface area contributed by atoms with Crippen molar-refractivity contribution in [1.29, 1.82) is 0 Å². The van der Waals surface area contributed by atoms with Crippen LogP contribution >= 0.6 is 0 Å². The maximum absolute atomic E-state index is 5.43. The molecular formula is C17H21NO3. The zero-order chi connectivity index (χ0) is 15.1. The van der Waals surface area contributed by atoms with E-state index in [1.807, 2.05) is 36.4 Å². The molecule has 0 aromatic heterocycles. The molecule has 0 fully saturated rings. The highest BCUT2D eigenvalue weighted by Gasteiger charge is 2.09. The second-order valence-corrected chi connectivity index (χ2v) is 4.64. The molecule has 2 aromatic rings. The van der Waals surface area contributed by atoms with Gasteiger partial charge in [0, 0.05) is 24.9 Å². The smallest absolute Gasteiger partial charge is 0.165 e. The Morgan fingerprint density at radius 2 is 1.76 bits per heavy atom. The molecule has 0 bridgehead atoms. The Morgan fingerprint density at radius 3 is 2.48 bits per heavy atom. The molecule has 112 valence electrons. The largest absolute Gasteiger partial charge is 0.493 e. The maximum Gasteiger partial charge on any atom is 0.165 e. The lowest BCUT2D eigenvalue weighted by Crippen LogP contribution is -2.03. The number of methoxy groups -OCH3 is 3. The molecule has 0 amide bonds. The van der Waals surface area contributed by atoms with Gasteiger partial charge in [0.05, 0.1) is 20.8 Å². The molecular weight excluding hydrogens is 266 g/mol. The first-order valence-corrected chi connectivity index (χ1v) is 6.80. The van der Waals surface area contributed by atoms with E-state index >= 15 is 0 Å². The predicted molar refractivity (Wildman–Crippen MR) is 84.0 cm³/mol. The van der Waals surface area contributed by atoms with Crippen LogP contribution in [0.2, 0.25) is 0 Å². The third kappa shape index (κ3) is 3.89. The van der Waals surface area contributed by atoms with Crippen LogP contribution in [0.3, 0.4) is 0 Å². The minimum absolute atomic E-state index is 0.609. The van der Waals surface area contributed by atoms with Crippen molar-refractivity contribution in [2.24, 2.45) is 0 Å². The Kier molecular flexibility index (Phi) is 5.46. The number of rotatable bonds is 7. The van der Waals surface area contributed by atoms with E-state index in [9.17, 15) is 0 Å². The van der Waals surface area contributed by atoms with Gasteiger partial charge in [-0.25, -0.2) is 0 Å². The molecule has 21 heavy (non-hydrogen) atoms. The van der Waals surface area contributed by atoms with Crippen molar-refractivity contribution >= 4 is 5.69 Å². The predicted octanol–water partition coefficient (Wildman–Crippen LogP) is 3.46. The quantitative estimate of drug-likeness (QED) is 0.846. The Hall–Kier alpha value is -2.20. The zero-order valence-electron chi connectivity index (χ0n) is 12.7. The van der Waals surface area contributed by atoms with Gasteiger partial charge in [-0.15, -0.1) is 0 Å². The summed E-state index contributed by atoms with van der Waals surface area (Å²) in [5.41, 5.74) is 3.24. The summed E-state index contributed by atoms with van der Waals surface area (Å²) in [5, 5.41) is 3.39. The van der Waals surface area contributed by atoms with Crippen LogP contribution in [0, 0.1) is 0 Å². The molecule has 4 heteroatoms. The van der Waals surface area contributed by atoms with E-state index in [1.165, 1.54) is 0 Å². The average molecular weight is 287 g/mol. The molecule has 4 nitrogen and oxygen atoms in total. The van der Waals surface area contributed by atoms with Crippen molar-refractivity contribution in [2.75, 3.05) is 26.6 Å². The van der Waals surface area contributed by atoms with Crippen LogP contribution < -0.4 is 14.8 Å². The number of ether oxygens (including phenoxy) is 3. The molecule has 0 aliphatic carbocycles. The Morgan fingerprint density at radius 1 is 0.952 bits per heavy atom. The summed E-state index contributed by atoms with van der Waals surface area (Å²) >= 11 is 0. The molecule has 0 saturated heterocycles. The van der Waals surface area contributed by atoms with E-state index in [2.05, 4.69) is 11.4 Å². The van der Waals surface area contributed by atoms with E-state index in [1.54, 1.807) is 21.3 Å². The molecule has 0 spiro atoms. The first-order valence-electron chi connectivity index (χ1n) is 6.80. The van der Waals surface area contributed by atoms with E-state index in [0.29, 0.717) is 13.2 Å². The highest BCUT2D eigenvalue weighted by Crippen LogP contribution is 2.31. The summed E-state index contributed by atoms with van der Waals surface area (Å²) in [4.78, 5) is 0. The van der Waals surface area contributed by atoms with Gasteiger partial charge in [-0.3, -0.25) is 0 Å². The molecule has 0 radical (unpaired) electrons. The van der Waals surface area contributed by atoms with Crippen molar-refractivity contribution in [3.05, 3.63) is 53.6 Å². The van der Waals surface area contributed by atoms with Crippen LogP contribution in [0.15, 0.2) is 42.5 Å². The van der Waals surface area contributed by atoms with Gasteiger partial charge in [0.1, 0.15) is 0 Å². The monoisotopic (exact) mass is 287 g/mol. The molecule has 2 rings (SSSR count). The molecule has 0 unspecified atom stereocenters. The highest BCUT2D eigenvalue weighted by molar-refractivity contribution is 5.50. The van der Waals surface area contributed by atoms with Gasteiger partial charge in [-0.05, 0) is 23.8 Å². The summed E-state index contributed by atoms with van der Waals surface area (Å²) in [6.45, 7) is 1.27. The SMILES string of the molecule is COCc1cccc(NCc2cccc(OC)c2OC)c1. The topological polar surface area (TPSA) is 39.7 Å². The first kappa shape index (κ1) is 15.2. The third-order valence-electron chi connectivity index (χ3n) is 3.21. The summed E-state index contributed by atoms with van der Waals surface area (Å²) in [7, 11) is 4.99. The normalized spacial score (nSPS) is 10.2. The molecule has 1 N–H and O–H groups in total. The van der Waals surface area contributed by atoms with Crippen LogP contribution in [-0.4, -0.2) is 21.3 Å². The van der Waals surface area contributed by atoms with Crippen LogP contribution in [0.25, 0.3) is 0 Å². The standard InChI is InChI=1S/C17H21NO3/c1-19-12-13-6-4-8-15(10-13)18-11-14-7-5-9-16(20-2)17(14)21-3/h4-10,18H,11-12H2,1-3H3. The Balaban J connectivity index is 2.11. The van der Waals surface area contributed by atoms with Crippen molar-refractivity contribution < 1.29 is 14.2 Å². The van der Waals surface area contributed by atoms with Crippen molar-refractivity contribution in [2.45, 2.75) is 13.2 Å². The fourth-order valence-electron chi connectivity index (χ4n) is 2.23. The molecule has 0 aliphatic rings. The molecule has 0 saturated carbocycles. The van der Waals surface area contributed by atoms with Crippen LogP contribution in [0.1, 0.15) is 11.1 Å². The van der Waals surface area contributed by atoms with Crippen molar-refractivity contribution in [1.82, 2.24) is 0 Å². The summed E-state index contributed by atoms with van der Waals surface area (Å²) in [5.74, 6) is 1.51. The minimum Gasteiger partial charge on any atom is -0.493 e. The van der Waals surface area contributed by atoms with Gasteiger partial charge >= 0.3 is 0 Å². The van der Waals surface area contributed by atoms with Crippen LogP contribution in [0.4, 0.5) is 5.69 Å². The summed E-state index contributed by atoms with van der Waals surface area (Å²) < 4.78 is 15.9. The number of hydrogen-bond acceptors (Lipinski definition) is 4. The Labute approximate surface area is 125 Å². The van der Waals surface area contributed by atoms with Gasteiger partial charge < -0.3 is 19.5 Å². The van der Waals surface area contributed by atoms with Gasteiger partial charge in [0.15, 0.2) is 11.5 Å². The van der Waals surface area contributed by atoms with Crippen molar-refractivity contribution in [3.63, 3.8) is 0 Å². The summed E-state index contributed by atoms with van der Waals surface area (Å²) in [6.07, 6.45) is 0. The average Bonchev–Trinajstić information content (AvgIpc) is 2.53. The van der Waals surface area contributed by atoms with Crippen LogP contribution in [0.5, 0.6) is 11.5 Å². The molecule has 0 heterocycles. The number of benzene rings is 2. The minimum atomic E-state index is 0.609.